The molecule has 3 heterocycles. The smallest absolute Gasteiger partial charge is 0.251 e. The van der Waals surface area contributed by atoms with Gasteiger partial charge < -0.3 is 24.4 Å². The first-order valence-electron chi connectivity index (χ1n) is 11.6. The number of morpholine rings is 2. The highest BCUT2D eigenvalue weighted by Crippen LogP contribution is 2.25. The topological polar surface area (TPSA) is 101 Å². The summed E-state index contributed by atoms with van der Waals surface area (Å²) >= 11 is 0. The Balaban J connectivity index is 1.43. The SMILES string of the molecule is CNC(=O)c1cccc(/C=N/Nc2cc(N3CCOCC3)cc(OCCN3CCOCC3)n2)c1. The molecular weight excluding hydrogens is 436 g/mol. The van der Waals surface area contributed by atoms with Crippen molar-refractivity contribution in [3.05, 3.63) is 47.5 Å². The third-order valence-corrected chi connectivity index (χ3v) is 5.69. The molecule has 10 nitrogen and oxygen atoms in total. The normalized spacial score (nSPS) is 17.0. The number of hydrogen-bond acceptors (Lipinski definition) is 9. The van der Waals surface area contributed by atoms with Crippen LogP contribution in [0.15, 0.2) is 41.5 Å². The molecule has 2 aliphatic rings. The van der Waals surface area contributed by atoms with Crippen molar-refractivity contribution in [1.29, 1.82) is 0 Å². The quantitative estimate of drug-likeness (QED) is 0.421. The van der Waals surface area contributed by atoms with Crippen molar-refractivity contribution in [3.63, 3.8) is 0 Å². The number of nitrogens with zero attached hydrogens (tertiary/aromatic N) is 4. The molecule has 4 rings (SSSR count). The zero-order chi connectivity index (χ0) is 23.6. The number of anilines is 2. The summed E-state index contributed by atoms with van der Waals surface area (Å²) in [5, 5.41) is 6.95. The Bertz CT molecular complexity index is 974. The molecule has 10 heteroatoms. The Morgan fingerprint density at radius 1 is 1.12 bits per heavy atom. The van der Waals surface area contributed by atoms with Crippen LogP contribution in [0.4, 0.5) is 11.5 Å². The first-order valence-corrected chi connectivity index (χ1v) is 11.6. The second-order valence-electron chi connectivity index (χ2n) is 8.03. The predicted octanol–water partition coefficient (Wildman–Crippen LogP) is 1.43. The lowest BCUT2D eigenvalue weighted by atomic mass is 10.1. The number of amides is 1. The van der Waals surface area contributed by atoms with Gasteiger partial charge >= 0.3 is 0 Å². The maximum atomic E-state index is 11.9. The summed E-state index contributed by atoms with van der Waals surface area (Å²) in [5.74, 6) is 1.00. The Morgan fingerprint density at radius 2 is 1.88 bits per heavy atom. The number of hydrogen-bond donors (Lipinski definition) is 2. The average molecular weight is 469 g/mol. The van der Waals surface area contributed by atoms with E-state index in [-0.39, 0.29) is 5.91 Å². The van der Waals surface area contributed by atoms with E-state index >= 15 is 0 Å². The summed E-state index contributed by atoms with van der Waals surface area (Å²) < 4.78 is 16.9. The molecule has 2 N–H and O–H groups in total. The summed E-state index contributed by atoms with van der Waals surface area (Å²) in [6.07, 6.45) is 1.66. The largest absolute Gasteiger partial charge is 0.476 e. The Hall–Kier alpha value is -3.21. The van der Waals surface area contributed by atoms with Crippen LogP contribution in [-0.4, -0.2) is 94.8 Å². The molecule has 2 aliphatic heterocycles. The highest BCUT2D eigenvalue weighted by atomic mass is 16.5. The van der Waals surface area contributed by atoms with Crippen molar-refractivity contribution >= 4 is 23.6 Å². The molecule has 0 atom stereocenters. The highest BCUT2D eigenvalue weighted by molar-refractivity contribution is 5.96. The number of nitrogens with one attached hydrogen (secondary N) is 2. The van der Waals surface area contributed by atoms with Crippen molar-refractivity contribution in [3.8, 4) is 5.88 Å². The van der Waals surface area contributed by atoms with E-state index in [0.717, 1.165) is 57.2 Å². The van der Waals surface area contributed by atoms with Crippen LogP contribution in [0.5, 0.6) is 5.88 Å². The third kappa shape index (κ3) is 6.89. The molecule has 1 aromatic heterocycles. The lowest BCUT2D eigenvalue weighted by molar-refractivity contribution is 0.0320. The number of carbonyl (C=O) groups is 1. The lowest BCUT2D eigenvalue weighted by Crippen LogP contribution is -2.38. The van der Waals surface area contributed by atoms with Crippen LogP contribution >= 0.6 is 0 Å². The monoisotopic (exact) mass is 468 g/mol. The van der Waals surface area contributed by atoms with Gasteiger partial charge in [0.15, 0.2) is 5.82 Å². The summed E-state index contributed by atoms with van der Waals surface area (Å²) in [4.78, 5) is 21.0. The third-order valence-electron chi connectivity index (χ3n) is 5.69. The lowest BCUT2D eigenvalue weighted by Gasteiger charge is -2.29. The van der Waals surface area contributed by atoms with Gasteiger partial charge in [-0.15, -0.1) is 0 Å². The molecule has 0 bridgehead atoms. The van der Waals surface area contributed by atoms with Gasteiger partial charge in [0.25, 0.3) is 5.91 Å². The van der Waals surface area contributed by atoms with Crippen molar-refractivity contribution < 1.29 is 19.0 Å². The first-order chi connectivity index (χ1) is 16.7. The van der Waals surface area contributed by atoms with Crippen molar-refractivity contribution in [2.45, 2.75) is 0 Å². The Labute approximate surface area is 199 Å². The van der Waals surface area contributed by atoms with E-state index < -0.39 is 0 Å². The highest BCUT2D eigenvalue weighted by Gasteiger charge is 2.15. The van der Waals surface area contributed by atoms with E-state index in [1.54, 1.807) is 25.4 Å². The van der Waals surface area contributed by atoms with Gasteiger partial charge in [0.2, 0.25) is 5.88 Å². The molecule has 1 amide bonds. The Kier molecular flexibility index (Phi) is 8.66. The van der Waals surface area contributed by atoms with Gasteiger partial charge in [0.05, 0.1) is 32.6 Å². The van der Waals surface area contributed by atoms with Crippen molar-refractivity contribution in [1.82, 2.24) is 15.2 Å². The van der Waals surface area contributed by atoms with Crippen LogP contribution in [0.1, 0.15) is 15.9 Å². The minimum atomic E-state index is -0.137. The van der Waals surface area contributed by atoms with E-state index in [4.69, 9.17) is 14.2 Å². The predicted molar refractivity (Wildman–Crippen MR) is 131 cm³/mol. The van der Waals surface area contributed by atoms with Gasteiger partial charge in [-0.2, -0.15) is 10.1 Å². The molecular formula is C24H32N6O4. The average Bonchev–Trinajstić information content (AvgIpc) is 2.89. The number of ether oxygens (including phenoxy) is 3. The zero-order valence-electron chi connectivity index (χ0n) is 19.5. The van der Waals surface area contributed by atoms with E-state index in [1.165, 1.54) is 0 Å². The summed E-state index contributed by atoms with van der Waals surface area (Å²) in [5.41, 5.74) is 5.41. The van der Waals surface area contributed by atoms with Gasteiger partial charge in [-0.1, -0.05) is 12.1 Å². The second kappa shape index (κ2) is 12.3. The molecule has 2 aromatic rings. The van der Waals surface area contributed by atoms with E-state index in [1.807, 2.05) is 24.3 Å². The van der Waals surface area contributed by atoms with Crippen molar-refractivity contribution in [2.24, 2.45) is 5.10 Å². The molecule has 0 aliphatic carbocycles. The summed E-state index contributed by atoms with van der Waals surface area (Å²) in [6.45, 7) is 7.77. The Morgan fingerprint density at radius 3 is 2.65 bits per heavy atom. The number of benzene rings is 1. The van der Waals surface area contributed by atoms with Crippen LogP contribution in [-0.2, 0) is 9.47 Å². The number of pyridine rings is 1. The first kappa shape index (κ1) is 23.9. The van der Waals surface area contributed by atoms with Crippen LogP contribution in [0.2, 0.25) is 0 Å². The zero-order valence-corrected chi connectivity index (χ0v) is 19.5. The van der Waals surface area contributed by atoms with Crippen molar-refractivity contribution in [2.75, 3.05) is 83.1 Å². The molecule has 1 aromatic carbocycles. The van der Waals surface area contributed by atoms with Gasteiger partial charge in [0.1, 0.15) is 6.61 Å². The van der Waals surface area contributed by atoms with Gasteiger partial charge in [-0.3, -0.25) is 15.1 Å². The maximum Gasteiger partial charge on any atom is 0.251 e. The standard InChI is InChI=1S/C24H32N6O4/c1-25-24(31)20-4-2-3-19(15-20)18-26-28-22-16-21(30-8-12-33-13-9-30)17-23(27-22)34-14-7-29-5-10-32-11-6-29/h2-4,15-18H,5-14H2,1H3,(H,25,31)(H,27,28)/b26-18+. The number of carbonyl (C=O) groups excluding carboxylic acids is 1. The molecule has 0 radical (unpaired) electrons. The van der Waals surface area contributed by atoms with Gasteiger partial charge in [-0.25, -0.2) is 0 Å². The van der Waals surface area contributed by atoms with E-state index in [2.05, 4.69) is 30.6 Å². The molecule has 0 spiro atoms. The number of hydrazone groups is 1. The number of rotatable bonds is 9. The minimum Gasteiger partial charge on any atom is -0.476 e. The van der Waals surface area contributed by atoms with Crippen LogP contribution in [0, 0.1) is 0 Å². The fraction of sp³-hybridized carbons (Fsp3) is 0.458. The van der Waals surface area contributed by atoms with Gasteiger partial charge in [0, 0.05) is 63.2 Å². The second-order valence-corrected chi connectivity index (χ2v) is 8.03. The molecule has 2 saturated heterocycles. The molecule has 2 fully saturated rings. The minimum absolute atomic E-state index is 0.137. The molecule has 34 heavy (non-hydrogen) atoms. The molecule has 0 unspecified atom stereocenters. The molecule has 182 valence electrons. The van der Waals surface area contributed by atoms with Crippen LogP contribution < -0.4 is 20.4 Å². The fourth-order valence-corrected chi connectivity index (χ4v) is 3.81. The molecule has 0 saturated carbocycles. The van der Waals surface area contributed by atoms with Crippen LogP contribution in [0.25, 0.3) is 0 Å². The van der Waals surface area contributed by atoms with Gasteiger partial charge in [-0.05, 0) is 17.7 Å². The van der Waals surface area contributed by atoms with E-state index in [0.29, 0.717) is 37.1 Å². The fourth-order valence-electron chi connectivity index (χ4n) is 3.81. The summed E-state index contributed by atoms with van der Waals surface area (Å²) in [6, 6.07) is 11.2. The maximum absolute atomic E-state index is 11.9. The number of aromatic nitrogens is 1. The summed E-state index contributed by atoms with van der Waals surface area (Å²) in [7, 11) is 1.61. The van der Waals surface area contributed by atoms with Crippen LogP contribution in [0.3, 0.4) is 0 Å². The van der Waals surface area contributed by atoms with E-state index in [9.17, 15) is 4.79 Å².